The maximum absolute atomic E-state index is 13.1. The molecule has 3 aromatic carbocycles. The molecule has 0 saturated heterocycles. The van der Waals surface area contributed by atoms with Crippen molar-refractivity contribution in [1.29, 1.82) is 0 Å². The lowest BCUT2D eigenvalue weighted by molar-refractivity contribution is 0.0978. The number of hydrogen-bond donors (Lipinski definition) is 1. The monoisotopic (exact) mass is 439 g/mol. The van der Waals surface area contributed by atoms with Crippen molar-refractivity contribution >= 4 is 50.7 Å². The van der Waals surface area contributed by atoms with Crippen LogP contribution in [0.15, 0.2) is 65.1 Å². The fourth-order valence-corrected chi connectivity index (χ4v) is 3.78. The number of amides is 1. The van der Waals surface area contributed by atoms with Gasteiger partial charge in [0.1, 0.15) is 0 Å². The van der Waals surface area contributed by atoms with E-state index in [2.05, 4.69) is 21.2 Å². The third-order valence-corrected chi connectivity index (χ3v) is 5.26. The molecule has 0 atom stereocenters. The number of nitrogens with one attached hydrogen (secondary N) is 1. The Balaban J connectivity index is 1.84. The number of carbonyl (C=O) groups excluding carboxylic acids is 3. The van der Waals surface area contributed by atoms with Crippen LogP contribution in [-0.4, -0.2) is 17.5 Å². The van der Waals surface area contributed by atoms with Gasteiger partial charge in [-0.05, 0) is 42.5 Å². The molecule has 27 heavy (non-hydrogen) atoms. The van der Waals surface area contributed by atoms with E-state index in [1.165, 1.54) is 12.1 Å². The number of fused-ring (bicyclic) bond motifs is 2. The molecule has 0 radical (unpaired) electrons. The SMILES string of the molecule is O=C(Nc1ccc(Br)c2c1C(=O)c1ccc(Cl)cc1C2=O)c1ccccc1. The van der Waals surface area contributed by atoms with Gasteiger partial charge in [0.25, 0.3) is 5.91 Å². The zero-order valence-electron chi connectivity index (χ0n) is 13.8. The molecule has 0 fully saturated rings. The van der Waals surface area contributed by atoms with Gasteiger partial charge in [-0.2, -0.15) is 0 Å². The Morgan fingerprint density at radius 2 is 1.56 bits per heavy atom. The van der Waals surface area contributed by atoms with E-state index in [0.717, 1.165) is 0 Å². The molecule has 3 aromatic rings. The zero-order valence-corrected chi connectivity index (χ0v) is 16.1. The minimum Gasteiger partial charge on any atom is -0.321 e. The molecule has 0 bridgehead atoms. The molecule has 1 aliphatic carbocycles. The molecule has 0 unspecified atom stereocenters. The topological polar surface area (TPSA) is 63.2 Å². The van der Waals surface area contributed by atoms with Gasteiger partial charge in [0.15, 0.2) is 11.6 Å². The molecule has 0 spiro atoms. The summed E-state index contributed by atoms with van der Waals surface area (Å²) in [5, 5.41) is 3.13. The number of ketones is 2. The first kappa shape index (κ1) is 17.6. The number of benzene rings is 3. The Bertz CT molecular complexity index is 1130. The molecule has 1 amide bonds. The number of hydrogen-bond acceptors (Lipinski definition) is 3. The number of anilines is 1. The highest BCUT2D eigenvalue weighted by atomic mass is 79.9. The van der Waals surface area contributed by atoms with Crippen LogP contribution in [0.4, 0.5) is 5.69 Å². The molecule has 6 heteroatoms. The van der Waals surface area contributed by atoms with Crippen molar-refractivity contribution in [2.24, 2.45) is 0 Å². The molecule has 0 saturated carbocycles. The summed E-state index contributed by atoms with van der Waals surface area (Å²) in [4.78, 5) is 38.6. The minimum atomic E-state index is -0.359. The fraction of sp³-hybridized carbons (Fsp3) is 0. The number of rotatable bonds is 2. The molecule has 0 heterocycles. The van der Waals surface area contributed by atoms with Crippen molar-refractivity contribution in [3.8, 4) is 0 Å². The maximum atomic E-state index is 13.1. The van der Waals surface area contributed by atoms with Gasteiger partial charge in [0.05, 0.1) is 16.8 Å². The van der Waals surface area contributed by atoms with Crippen LogP contribution in [-0.2, 0) is 0 Å². The highest BCUT2D eigenvalue weighted by Crippen LogP contribution is 2.37. The lowest BCUT2D eigenvalue weighted by atomic mass is 9.83. The van der Waals surface area contributed by atoms with E-state index in [1.807, 2.05) is 6.07 Å². The second kappa shape index (κ2) is 6.76. The van der Waals surface area contributed by atoms with Crippen molar-refractivity contribution in [3.05, 3.63) is 98.0 Å². The highest BCUT2D eigenvalue weighted by molar-refractivity contribution is 9.10. The maximum Gasteiger partial charge on any atom is 0.255 e. The van der Waals surface area contributed by atoms with Crippen LogP contribution >= 0.6 is 27.5 Å². The highest BCUT2D eigenvalue weighted by Gasteiger charge is 2.34. The number of carbonyl (C=O) groups is 3. The van der Waals surface area contributed by atoms with Gasteiger partial charge in [-0.15, -0.1) is 0 Å². The third kappa shape index (κ3) is 2.99. The van der Waals surface area contributed by atoms with Gasteiger partial charge in [-0.1, -0.05) is 45.7 Å². The van der Waals surface area contributed by atoms with Crippen molar-refractivity contribution in [1.82, 2.24) is 0 Å². The van der Waals surface area contributed by atoms with Crippen molar-refractivity contribution in [3.63, 3.8) is 0 Å². The second-order valence-corrected chi connectivity index (χ2v) is 7.30. The summed E-state index contributed by atoms with van der Waals surface area (Å²) in [5.41, 5.74) is 1.67. The smallest absolute Gasteiger partial charge is 0.255 e. The molecule has 1 N–H and O–H groups in total. The first-order chi connectivity index (χ1) is 13.0. The van der Waals surface area contributed by atoms with E-state index in [4.69, 9.17) is 11.6 Å². The first-order valence-corrected chi connectivity index (χ1v) is 9.22. The van der Waals surface area contributed by atoms with Gasteiger partial charge in [0, 0.05) is 26.2 Å². The van der Waals surface area contributed by atoms with E-state index in [9.17, 15) is 14.4 Å². The van der Waals surface area contributed by atoms with Crippen molar-refractivity contribution in [2.45, 2.75) is 0 Å². The molecular formula is C21H11BrClNO3. The summed E-state index contributed by atoms with van der Waals surface area (Å²) in [6.07, 6.45) is 0. The zero-order chi connectivity index (χ0) is 19.1. The van der Waals surface area contributed by atoms with Gasteiger partial charge >= 0.3 is 0 Å². The van der Waals surface area contributed by atoms with E-state index in [-0.39, 0.29) is 39.7 Å². The molecular weight excluding hydrogens is 430 g/mol. The van der Waals surface area contributed by atoms with Gasteiger partial charge in [0.2, 0.25) is 0 Å². The molecule has 0 aliphatic heterocycles. The summed E-state index contributed by atoms with van der Waals surface area (Å²) in [7, 11) is 0. The van der Waals surface area contributed by atoms with Crippen LogP contribution in [0.25, 0.3) is 0 Å². The summed E-state index contributed by atoms with van der Waals surface area (Å²) >= 11 is 9.34. The van der Waals surface area contributed by atoms with E-state index in [1.54, 1.807) is 42.5 Å². The summed E-state index contributed by atoms with van der Waals surface area (Å²) in [6, 6.07) is 16.5. The van der Waals surface area contributed by atoms with Crippen LogP contribution in [0.3, 0.4) is 0 Å². The van der Waals surface area contributed by atoms with Gasteiger partial charge in [-0.25, -0.2) is 0 Å². The van der Waals surface area contributed by atoms with E-state index < -0.39 is 0 Å². The Kier molecular flexibility index (Phi) is 4.42. The third-order valence-electron chi connectivity index (χ3n) is 4.36. The Morgan fingerprint density at radius 3 is 2.30 bits per heavy atom. The fourth-order valence-electron chi connectivity index (χ4n) is 3.09. The average molecular weight is 441 g/mol. The van der Waals surface area contributed by atoms with Crippen LogP contribution in [0.1, 0.15) is 42.2 Å². The molecule has 1 aliphatic rings. The lowest BCUT2D eigenvalue weighted by Gasteiger charge is -2.21. The molecule has 132 valence electrons. The normalized spacial score (nSPS) is 12.4. The van der Waals surface area contributed by atoms with Crippen molar-refractivity contribution in [2.75, 3.05) is 5.32 Å². The van der Waals surface area contributed by atoms with Crippen LogP contribution in [0.2, 0.25) is 5.02 Å². The van der Waals surface area contributed by atoms with E-state index in [0.29, 0.717) is 20.7 Å². The number of halogens is 2. The van der Waals surface area contributed by atoms with E-state index >= 15 is 0 Å². The summed E-state index contributed by atoms with van der Waals surface area (Å²) in [6.45, 7) is 0. The predicted molar refractivity (Wildman–Crippen MR) is 107 cm³/mol. The molecule has 4 rings (SSSR count). The van der Waals surface area contributed by atoms with Crippen LogP contribution < -0.4 is 5.32 Å². The molecule has 0 aromatic heterocycles. The summed E-state index contributed by atoms with van der Waals surface area (Å²) in [5.74, 6) is -1.01. The largest absolute Gasteiger partial charge is 0.321 e. The Morgan fingerprint density at radius 1 is 0.852 bits per heavy atom. The Labute approximate surface area is 168 Å². The minimum absolute atomic E-state index is 0.175. The van der Waals surface area contributed by atoms with Crippen LogP contribution in [0, 0.1) is 0 Å². The standard InChI is InChI=1S/C21H11BrClNO3/c22-15-8-9-16(24-21(27)11-4-2-1-3-5-11)18-17(15)20(26)14-10-12(23)6-7-13(14)19(18)25/h1-10H,(H,24,27). The lowest BCUT2D eigenvalue weighted by Crippen LogP contribution is -2.24. The average Bonchev–Trinajstić information content (AvgIpc) is 2.68. The quantitative estimate of drug-likeness (QED) is 0.470. The van der Waals surface area contributed by atoms with Gasteiger partial charge < -0.3 is 5.32 Å². The summed E-state index contributed by atoms with van der Waals surface area (Å²) < 4.78 is 0.485. The Hall–Kier alpha value is -2.76. The first-order valence-electron chi connectivity index (χ1n) is 8.05. The van der Waals surface area contributed by atoms with Gasteiger partial charge in [-0.3, -0.25) is 14.4 Å². The van der Waals surface area contributed by atoms with Crippen LogP contribution in [0.5, 0.6) is 0 Å². The second-order valence-electron chi connectivity index (χ2n) is 6.01. The predicted octanol–water partition coefficient (Wildman–Crippen LogP) is 5.13. The molecule has 4 nitrogen and oxygen atoms in total. The van der Waals surface area contributed by atoms with Crippen molar-refractivity contribution < 1.29 is 14.4 Å².